The largest absolute Gasteiger partial charge is 0.480 e. The van der Waals surface area contributed by atoms with Crippen molar-refractivity contribution in [2.75, 3.05) is 13.2 Å². The Balaban J connectivity index is 1.99. The van der Waals surface area contributed by atoms with E-state index in [9.17, 15) is 9.90 Å². The Bertz CT molecular complexity index is 405. The number of aliphatic hydroxyl groups excluding tert-OH is 1. The second-order valence-corrected chi connectivity index (χ2v) is 4.66. The average Bonchev–Trinajstić information content (AvgIpc) is 2.77. The van der Waals surface area contributed by atoms with Gasteiger partial charge in [-0.1, -0.05) is 6.42 Å². The third-order valence-corrected chi connectivity index (χ3v) is 3.30. The highest BCUT2D eigenvalue weighted by Crippen LogP contribution is 2.19. The molecule has 6 heteroatoms. The molecule has 1 aliphatic rings. The Hall–Kier alpha value is -1.40. The lowest BCUT2D eigenvalue weighted by molar-refractivity contribution is -0.144. The van der Waals surface area contributed by atoms with Gasteiger partial charge in [0.1, 0.15) is 6.04 Å². The minimum atomic E-state index is -0.738. The van der Waals surface area contributed by atoms with E-state index in [4.69, 9.17) is 5.11 Å². The van der Waals surface area contributed by atoms with Crippen LogP contribution in [-0.4, -0.2) is 50.1 Å². The molecule has 1 unspecified atom stereocenters. The van der Waals surface area contributed by atoms with Gasteiger partial charge in [-0.05, 0) is 19.4 Å². The summed E-state index contributed by atoms with van der Waals surface area (Å²) in [5.41, 5.74) is 0.997. The van der Waals surface area contributed by atoms with Crippen LogP contribution in [0, 0.1) is 0 Å². The van der Waals surface area contributed by atoms with Crippen molar-refractivity contribution in [3.8, 4) is 0 Å². The second-order valence-electron chi connectivity index (χ2n) is 4.66. The lowest BCUT2D eigenvalue weighted by Gasteiger charge is -2.32. The van der Waals surface area contributed by atoms with E-state index in [-0.39, 0.29) is 12.6 Å². The van der Waals surface area contributed by atoms with Gasteiger partial charge in [-0.2, -0.15) is 5.10 Å². The molecule has 1 aliphatic heterocycles. The Morgan fingerprint density at radius 3 is 3.06 bits per heavy atom. The number of piperidine rings is 1. The fourth-order valence-corrected chi connectivity index (χ4v) is 2.41. The monoisotopic (exact) mass is 253 g/mol. The smallest absolute Gasteiger partial charge is 0.320 e. The number of hydrogen-bond donors (Lipinski definition) is 2. The first-order valence-corrected chi connectivity index (χ1v) is 6.30. The predicted octanol–water partition coefficient (Wildman–Crippen LogP) is 0.314. The lowest BCUT2D eigenvalue weighted by Crippen LogP contribution is -2.43. The zero-order chi connectivity index (χ0) is 13.0. The van der Waals surface area contributed by atoms with Crippen molar-refractivity contribution in [3.05, 3.63) is 18.0 Å². The summed E-state index contributed by atoms with van der Waals surface area (Å²) in [6.45, 7) is 1.97. The summed E-state index contributed by atoms with van der Waals surface area (Å²) in [6, 6.07) is -0.375. The molecule has 0 saturated carbocycles. The fourth-order valence-electron chi connectivity index (χ4n) is 2.41. The van der Waals surface area contributed by atoms with E-state index >= 15 is 0 Å². The number of carboxylic acids is 1. The number of carboxylic acid groups (broad SMARTS) is 1. The molecule has 2 heterocycles. The molecular formula is C12H19N3O3. The van der Waals surface area contributed by atoms with Gasteiger partial charge in [0.05, 0.1) is 19.3 Å². The number of carbonyl (C=O) groups is 1. The van der Waals surface area contributed by atoms with Crippen LogP contribution in [0.2, 0.25) is 0 Å². The molecular weight excluding hydrogens is 234 g/mol. The minimum absolute atomic E-state index is 0.0581. The Labute approximate surface area is 106 Å². The lowest BCUT2D eigenvalue weighted by atomic mass is 10.0. The van der Waals surface area contributed by atoms with Crippen LogP contribution in [-0.2, 0) is 17.9 Å². The number of aliphatic hydroxyl groups is 1. The topological polar surface area (TPSA) is 78.6 Å². The van der Waals surface area contributed by atoms with Crippen LogP contribution in [0.4, 0.5) is 0 Å². The molecule has 0 spiro atoms. The molecule has 0 aliphatic carbocycles. The maximum Gasteiger partial charge on any atom is 0.320 e. The summed E-state index contributed by atoms with van der Waals surface area (Å²) in [5, 5.41) is 22.1. The molecule has 0 amide bonds. The van der Waals surface area contributed by atoms with E-state index in [1.54, 1.807) is 10.9 Å². The summed E-state index contributed by atoms with van der Waals surface area (Å²) in [5.74, 6) is -0.738. The van der Waals surface area contributed by atoms with Crippen LogP contribution in [0.15, 0.2) is 12.4 Å². The fraction of sp³-hybridized carbons (Fsp3) is 0.667. The van der Waals surface area contributed by atoms with E-state index < -0.39 is 5.97 Å². The highest BCUT2D eigenvalue weighted by atomic mass is 16.4. The van der Waals surface area contributed by atoms with Crippen molar-refractivity contribution < 1.29 is 15.0 Å². The van der Waals surface area contributed by atoms with Gasteiger partial charge in [-0.3, -0.25) is 14.4 Å². The van der Waals surface area contributed by atoms with Gasteiger partial charge in [0, 0.05) is 18.3 Å². The van der Waals surface area contributed by atoms with Gasteiger partial charge in [0.15, 0.2) is 0 Å². The van der Waals surface area contributed by atoms with E-state index in [0.29, 0.717) is 13.1 Å². The van der Waals surface area contributed by atoms with Gasteiger partial charge in [0.2, 0.25) is 0 Å². The molecule has 1 aromatic rings. The van der Waals surface area contributed by atoms with Gasteiger partial charge >= 0.3 is 5.97 Å². The highest BCUT2D eigenvalue weighted by molar-refractivity contribution is 5.73. The van der Waals surface area contributed by atoms with E-state index in [0.717, 1.165) is 31.4 Å². The van der Waals surface area contributed by atoms with E-state index in [2.05, 4.69) is 5.10 Å². The van der Waals surface area contributed by atoms with Crippen molar-refractivity contribution in [2.24, 2.45) is 0 Å². The first kappa shape index (κ1) is 13.0. The molecule has 1 fully saturated rings. The number of likely N-dealkylation sites (tertiary alicyclic amines) is 1. The summed E-state index contributed by atoms with van der Waals surface area (Å²) in [6.07, 6.45) is 6.36. The molecule has 100 valence electrons. The summed E-state index contributed by atoms with van der Waals surface area (Å²) in [7, 11) is 0. The molecule has 1 aromatic heterocycles. The van der Waals surface area contributed by atoms with Crippen molar-refractivity contribution >= 4 is 5.97 Å². The summed E-state index contributed by atoms with van der Waals surface area (Å²) < 4.78 is 1.68. The summed E-state index contributed by atoms with van der Waals surface area (Å²) in [4.78, 5) is 13.2. The SMILES string of the molecule is O=C(O)C1CCCCN1Cc1cnn(CCO)c1. The van der Waals surface area contributed by atoms with Crippen LogP contribution < -0.4 is 0 Å². The molecule has 2 N–H and O–H groups in total. The van der Waals surface area contributed by atoms with Crippen molar-refractivity contribution in [1.82, 2.24) is 14.7 Å². The molecule has 18 heavy (non-hydrogen) atoms. The van der Waals surface area contributed by atoms with E-state index in [1.807, 2.05) is 11.1 Å². The molecule has 1 atom stereocenters. The normalized spacial score (nSPS) is 21.1. The van der Waals surface area contributed by atoms with Gasteiger partial charge < -0.3 is 10.2 Å². The molecule has 1 saturated heterocycles. The Morgan fingerprint density at radius 2 is 2.33 bits per heavy atom. The maximum atomic E-state index is 11.2. The maximum absolute atomic E-state index is 11.2. The van der Waals surface area contributed by atoms with Crippen LogP contribution >= 0.6 is 0 Å². The number of aromatic nitrogens is 2. The Morgan fingerprint density at radius 1 is 1.50 bits per heavy atom. The summed E-state index contributed by atoms with van der Waals surface area (Å²) >= 11 is 0. The zero-order valence-corrected chi connectivity index (χ0v) is 10.3. The number of nitrogens with zero attached hydrogens (tertiary/aromatic N) is 3. The van der Waals surface area contributed by atoms with Gasteiger partial charge in [-0.15, -0.1) is 0 Å². The number of aliphatic carboxylic acids is 1. The number of rotatable bonds is 5. The van der Waals surface area contributed by atoms with Crippen molar-refractivity contribution in [2.45, 2.75) is 38.4 Å². The quantitative estimate of drug-likeness (QED) is 0.790. The highest BCUT2D eigenvalue weighted by Gasteiger charge is 2.28. The van der Waals surface area contributed by atoms with E-state index in [1.165, 1.54) is 0 Å². The number of hydrogen-bond acceptors (Lipinski definition) is 4. The standard InChI is InChI=1S/C12H19N3O3/c16-6-5-15-9-10(7-13-15)8-14-4-2-1-3-11(14)12(17)18/h7,9,11,16H,1-6,8H2,(H,17,18). The van der Waals surface area contributed by atoms with Gasteiger partial charge in [0.25, 0.3) is 0 Å². The third kappa shape index (κ3) is 3.08. The van der Waals surface area contributed by atoms with Crippen LogP contribution in [0.5, 0.6) is 0 Å². The molecule has 0 bridgehead atoms. The van der Waals surface area contributed by atoms with Gasteiger partial charge in [-0.25, -0.2) is 0 Å². The minimum Gasteiger partial charge on any atom is -0.480 e. The second kappa shape index (κ2) is 5.97. The van der Waals surface area contributed by atoms with Crippen LogP contribution in [0.3, 0.4) is 0 Å². The predicted molar refractivity (Wildman–Crippen MR) is 65.0 cm³/mol. The first-order chi connectivity index (χ1) is 8.70. The van der Waals surface area contributed by atoms with Crippen LogP contribution in [0.1, 0.15) is 24.8 Å². The van der Waals surface area contributed by atoms with Crippen molar-refractivity contribution in [1.29, 1.82) is 0 Å². The molecule has 6 nitrogen and oxygen atoms in total. The zero-order valence-electron chi connectivity index (χ0n) is 10.3. The molecule has 2 rings (SSSR count). The third-order valence-electron chi connectivity index (χ3n) is 3.30. The van der Waals surface area contributed by atoms with Crippen molar-refractivity contribution in [3.63, 3.8) is 0 Å². The first-order valence-electron chi connectivity index (χ1n) is 6.30. The molecule has 0 aromatic carbocycles. The average molecular weight is 253 g/mol. The van der Waals surface area contributed by atoms with Crippen LogP contribution in [0.25, 0.3) is 0 Å². The Kier molecular flexibility index (Phi) is 4.33. The molecule has 0 radical (unpaired) electrons.